The van der Waals surface area contributed by atoms with Gasteiger partial charge in [-0.25, -0.2) is 4.98 Å². The van der Waals surface area contributed by atoms with Crippen molar-refractivity contribution in [2.24, 2.45) is 11.8 Å². The normalized spacial score (nSPS) is 23.5. The van der Waals surface area contributed by atoms with Gasteiger partial charge < -0.3 is 30.2 Å². The first-order valence-corrected chi connectivity index (χ1v) is 14.1. The van der Waals surface area contributed by atoms with Gasteiger partial charge in [0.05, 0.1) is 38.9 Å². The molecule has 4 aliphatic heterocycles. The molecule has 2 aromatic heterocycles. The number of halogens is 1. The van der Waals surface area contributed by atoms with E-state index in [0.29, 0.717) is 53.8 Å². The highest BCUT2D eigenvalue weighted by atomic mass is 35.5. The van der Waals surface area contributed by atoms with Crippen molar-refractivity contribution in [2.45, 2.75) is 31.7 Å². The number of piperidine rings is 4. The van der Waals surface area contributed by atoms with Crippen molar-refractivity contribution in [3.05, 3.63) is 51.8 Å². The van der Waals surface area contributed by atoms with Crippen LogP contribution in [0.15, 0.2) is 41.2 Å². The number of anilines is 2. The number of fused-ring (bicyclic) bond motifs is 5. The molecule has 4 saturated heterocycles. The monoisotopic (exact) mass is 546 g/mol. The van der Waals surface area contributed by atoms with Crippen molar-refractivity contribution < 1.29 is 9.90 Å². The van der Waals surface area contributed by atoms with Gasteiger partial charge in [-0.1, -0.05) is 23.7 Å². The fourth-order valence-corrected chi connectivity index (χ4v) is 6.96. The van der Waals surface area contributed by atoms with E-state index in [1.165, 1.54) is 0 Å². The highest BCUT2D eigenvalue weighted by Gasteiger charge is 2.35. The molecule has 4 fully saturated rings. The van der Waals surface area contributed by atoms with Crippen LogP contribution in [-0.2, 0) is 4.79 Å². The van der Waals surface area contributed by atoms with Gasteiger partial charge in [-0.3, -0.25) is 9.59 Å². The number of imidazole rings is 1. The zero-order valence-corrected chi connectivity index (χ0v) is 22.3. The predicted octanol–water partition coefficient (Wildman–Crippen LogP) is 4.53. The average Bonchev–Trinajstić information content (AvgIpc) is 3.37. The van der Waals surface area contributed by atoms with Crippen molar-refractivity contribution >= 4 is 50.9 Å². The summed E-state index contributed by atoms with van der Waals surface area (Å²) >= 11 is 6.91. The Balaban J connectivity index is 1.35. The molecule has 39 heavy (non-hydrogen) atoms. The lowest BCUT2D eigenvalue weighted by atomic mass is 9.83. The van der Waals surface area contributed by atoms with E-state index < -0.39 is 5.97 Å². The highest BCUT2D eigenvalue weighted by molar-refractivity contribution is 6.34. The topological polar surface area (TPSA) is 117 Å². The number of aromatic nitrogens is 3. The first-order valence-electron chi connectivity index (χ1n) is 13.8. The third kappa shape index (κ3) is 4.33. The lowest BCUT2D eigenvalue weighted by Gasteiger charge is -2.45. The van der Waals surface area contributed by atoms with Crippen LogP contribution < -0.4 is 15.8 Å². The van der Waals surface area contributed by atoms with E-state index in [0.717, 1.165) is 60.3 Å². The Bertz CT molecular complexity index is 1600. The van der Waals surface area contributed by atoms with E-state index in [4.69, 9.17) is 16.6 Å². The number of carbonyl (C=O) groups is 1. The second kappa shape index (κ2) is 9.57. The summed E-state index contributed by atoms with van der Waals surface area (Å²) in [5, 5.41) is 14.6. The van der Waals surface area contributed by atoms with E-state index in [9.17, 15) is 14.7 Å². The Morgan fingerprint density at radius 2 is 1.79 bits per heavy atom. The van der Waals surface area contributed by atoms with Crippen LogP contribution in [0.3, 0.4) is 0 Å². The summed E-state index contributed by atoms with van der Waals surface area (Å²) in [4.78, 5) is 41.0. The molecule has 4 aromatic rings. The van der Waals surface area contributed by atoms with Crippen LogP contribution in [0.4, 0.5) is 11.4 Å². The van der Waals surface area contributed by atoms with Crippen LogP contribution in [-0.4, -0.2) is 69.7 Å². The minimum absolute atomic E-state index is 0.219. The molecule has 2 aromatic carbocycles. The molecule has 0 spiro atoms. The van der Waals surface area contributed by atoms with Gasteiger partial charge in [0.25, 0.3) is 5.56 Å². The van der Waals surface area contributed by atoms with Crippen LogP contribution in [0.25, 0.3) is 33.3 Å². The first-order chi connectivity index (χ1) is 18.9. The molecule has 0 radical (unpaired) electrons. The Morgan fingerprint density at radius 1 is 1.03 bits per heavy atom. The molecule has 0 unspecified atom stereocenters. The second-order valence-corrected chi connectivity index (χ2v) is 11.6. The molecule has 6 heterocycles. The van der Waals surface area contributed by atoms with Crippen molar-refractivity contribution in [1.29, 1.82) is 0 Å². The van der Waals surface area contributed by atoms with Gasteiger partial charge >= 0.3 is 5.97 Å². The Kier molecular flexibility index (Phi) is 6.01. The minimum atomic E-state index is -0.745. The van der Waals surface area contributed by atoms with E-state index in [-0.39, 0.29) is 17.5 Å². The Labute approximate surface area is 230 Å². The third-order valence-corrected chi connectivity index (χ3v) is 9.18. The van der Waals surface area contributed by atoms with Crippen molar-refractivity contribution in [3.8, 4) is 11.4 Å². The van der Waals surface area contributed by atoms with Crippen LogP contribution in [0.5, 0.6) is 0 Å². The summed E-state index contributed by atoms with van der Waals surface area (Å²) in [5.74, 6) is 0.00592. The number of H-pyrrole nitrogens is 2. The zero-order chi connectivity index (χ0) is 26.7. The number of pyridine rings is 1. The number of rotatable bonds is 5. The quantitative estimate of drug-likeness (QED) is 0.290. The molecule has 4 N–H and O–H groups in total. The maximum absolute atomic E-state index is 13.7. The second-order valence-electron chi connectivity index (χ2n) is 11.1. The highest BCUT2D eigenvalue weighted by Crippen LogP contribution is 2.40. The number of para-hydroxylation sites is 2. The molecule has 0 saturated carbocycles. The lowest BCUT2D eigenvalue weighted by molar-refractivity contribution is -0.142. The average molecular weight is 547 g/mol. The number of benzene rings is 2. The molecular formula is C29H31ClN6O3. The van der Waals surface area contributed by atoms with Gasteiger partial charge in [0.15, 0.2) is 0 Å². The van der Waals surface area contributed by atoms with Crippen molar-refractivity contribution in [1.82, 2.24) is 19.9 Å². The van der Waals surface area contributed by atoms with Gasteiger partial charge in [0.1, 0.15) is 11.4 Å². The number of carboxylic acids is 1. The van der Waals surface area contributed by atoms with E-state index in [2.05, 4.69) is 25.1 Å². The van der Waals surface area contributed by atoms with Gasteiger partial charge in [-0.15, -0.1) is 0 Å². The summed E-state index contributed by atoms with van der Waals surface area (Å²) in [6.45, 7) is 4.41. The minimum Gasteiger partial charge on any atom is -0.481 e. The van der Waals surface area contributed by atoms with Crippen LogP contribution in [0, 0.1) is 11.8 Å². The number of aliphatic carboxylic acids is 1. The Morgan fingerprint density at radius 3 is 2.49 bits per heavy atom. The van der Waals surface area contributed by atoms with E-state index in [1.54, 1.807) is 0 Å². The van der Waals surface area contributed by atoms with Gasteiger partial charge in [0.2, 0.25) is 0 Å². The van der Waals surface area contributed by atoms with Crippen LogP contribution in [0.1, 0.15) is 25.7 Å². The van der Waals surface area contributed by atoms with Gasteiger partial charge in [-0.05, 0) is 69.0 Å². The standard InChI is InChI=1S/C29H31ClN6O3/c30-19-13-18-22(14-24(19)36-11-7-17(8-12-36)29(38)39)34-28(37)25(27-32-20-3-1-2-4-21(20)33-27)26(18)31-23-15-35-9-5-16(23)6-10-35/h1-4,13-14,16-17,23H,5-12,15H2,(H,32,33)(H,38,39)(H2,31,34,37)/t23-/m0/s1. The molecule has 9 nitrogen and oxygen atoms in total. The fraction of sp³-hybridized carbons (Fsp3) is 0.414. The molecular weight excluding hydrogens is 516 g/mol. The number of nitrogens with zero attached hydrogens (tertiary/aromatic N) is 3. The fourth-order valence-electron chi connectivity index (χ4n) is 6.68. The first kappa shape index (κ1) is 24.5. The summed E-state index contributed by atoms with van der Waals surface area (Å²) in [7, 11) is 0. The largest absolute Gasteiger partial charge is 0.481 e. The van der Waals surface area contributed by atoms with Crippen molar-refractivity contribution in [3.63, 3.8) is 0 Å². The third-order valence-electron chi connectivity index (χ3n) is 8.88. The maximum Gasteiger partial charge on any atom is 0.306 e. The smallest absolute Gasteiger partial charge is 0.306 e. The molecule has 10 heteroatoms. The summed E-state index contributed by atoms with van der Waals surface area (Å²) in [6, 6.07) is 11.9. The molecule has 202 valence electrons. The summed E-state index contributed by atoms with van der Waals surface area (Å²) in [5.41, 5.74) is 4.21. The summed E-state index contributed by atoms with van der Waals surface area (Å²) < 4.78 is 0. The van der Waals surface area contributed by atoms with Gasteiger partial charge in [-0.2, -0.15) is 0 Å². The number of carboxylic acid groups (broad SMARTS) is 1. The molecule has 4 aliphatic rings. The SMILES string of the molecule is O=C(O)C1CCN(c2cc3[nH]c(=O)c(-c4nc5ccccc5[nH]4)c(N[C@H]4CN5CCC4CC5)c3cc2Cl)CC1. The number of hydrogen-bond donors (Lipinski definition) is 4. The molecule has 0 aliphatic carbocycles. The van der Waals surface area contributed by atoms with Crippen molar-refractivity contribution in [2.75, 3.05) is 42.9 Å². The number of aromatic amines is 2. The molecule has 2 bridgehead atoms. The van der Waals surface area contributed by atoms with Crippen LogP contribution in [0.2, 0.25) is 5.02 Å². The maximum atomic E-state index is 13.7. The number of hydrogen-bond acceptors (Lipinski definition) is 6. The Hall–Kier alpha value is -3.56. The van der Waals surface area contributed by atoms with E-state index in [1.807, 2.05) is 36.4 Å². The van der Waals surface area contributed by atoms with E-state index >= 15 is 0 Å². The molecule has 1 atom stereocenters. The molecule has 8 rings (SSSR count). The number of nitrogens with one attached hydrogen (secondary N) is 3. The zero-order valence-electron chi connectivity index (χ0n) is 21.5. The predicted molar refractivity (Wildman–Crippen MR) is 154 cm³/mol. The van der Waals surface area contributed by atoms with Gasteiger partial charge in [0, 0.05) is 31.1 Å². The summed E-state index contributed by atoms with van der Waals surface area (Å²) in [6.07, 6.45) is 3.43. The van der Waals surface area contributed by atoms with Crippen LogP contribution >= 0.6 is 11.6 Å². The lowest BCUT2D eigenvalue weighted by Crippen LogP contribution is -2.53. The molecule has 0 amide bonds.